The Bertz CT molecular complexity index is 308. The molecule has 1 saturated heterocycles. The highest BCUT2D eigenvalue weighted by atomic mass is 16.2. The van der Waals surface area contributed by atoms with Crippen LogP contribution in [0.2, 0.25) is 0 Å². The SMILES string of the molecule is CC(C)CCN1CC(C)N(C)C(CC#N)C1=O. The predicted octanol–water partition coefficient (Wildman–Crippen LogP) is 1.48. The summed E-state index contributed by atoms with van der Waals surface area (Å²) in [5.74, 6) is 0.722. The van der Waals surface area contributed by atoms with Gasteiger partial charge in [0.05, 0.1) is 12.5 Å². The molecule has 0 aromatic heterocycles. The van der Waals surface area contributed by atoms with Crippen LogP contribution in [0.3, 0.4) is 0 Å². The molecular formula is C13H23N3O. The lowest BCUT2D eigenvalue weighted by Gasteiger charge is -2.42. The summed E-state index contributed by atoms with van der Waals surface area (Å²) in [7, 11) is 1.93. The molecule has 0 N–H and O–H groups in total. The average molecular weight is 237 g/mol. The fourth-order valence-electron chi connectivity index (χ4n) is 2.16. The maximum absolute atomic E-state index is 12.2. The fraction of sp³-hybridized carbons (Fsp3) is 0.846. The number of nitriles is 1. The molecule has 0 bridgehead atoms. The Balaban J connectivity index is 2.67. The molecule has 1 aliphatic heterocycles. The summed E-state index contributed by atoms with van der Waals surface area (Å²) in [5, 5.41) is 8.80. The van der Waals surface area contributed by atoms with E-state index in [9.17, 15) is 4.79 Å². The summed E-state index contributed by atoms with van der Waals surface area (Å²) in [4.78, 5) is 16.2. The number of nitrogens with zero attached hydrogens (tertiary/aromatic N) is 3. The van der Waals surface area contributed by atoms with E-state index in [1.807, 2.05) is 16.8 Å². The van der Waals surface area contributed by atoms with Gasteiger partial charge in [-0.1, -0.05) is 13.8 Å². The second kappa shape index (κ2) is 6.02. The van der Waals surface area contributed by atoms with Gasteiger partial charge in [-0.05, 0) is 26.3 Å². The van der Waals surface area contributed by atoms with Crippen LogP contribution in [-0.2, 0) is 4.79 Å². The zero-order valence-corrected chi connectivity index (χ0v) is 11.3. The lowest BCUT2D eigenvalue weighted by Crippen LogP contribution is -2.59. The number of carbonyl (C=O) groups excluding carboxylic acids is 1. The molecule has 0 radical (unpaired) electrons. The van der Waals surface area contributed by atoms with Crippen molar-refractivity contribution >= 4 is 5.91 Å². The summed E-state index contributed by atoms with van der Waals surface area (Å²) in [6.07, 6.45) is 1.32. The Labute approximate surface area is 104 Å². The quantitative estimate of drug-likeness (QED) is 0.744. The maximum atomic E-state index is 12.2. The zero-order valence-electron chi connectivity index (χ0n) is 11.3. The molecule has 4 heteroatoms. The van der Waals surface area contributed by atoms with Crippen LogP contribution < -0.4 is 0 Å². The average Bonchev–Trinajstić information content (AvgIpc) is 2.27. The molecule has 0 saturated carbocycles. The number of hydrogen-bond acceptors (Lipinski definition) is 3. The van der Waals surface area contributed by atoms with Gasteiger partial charge in [0.15, 0.2) is 0 Å². The molecule has 0 spiro atoms. The van der Waals surface area contributed by atoms with E-state index < -0.39 is 0 Å². The molecule has 2 unspecified atom stereocenters. The Kier molecular flexibility index (Phi) is 4.95. The van der Waals surface area contributed by atoms with Crippen molar-refractivity contribution < 1.29 is 4.79 Å². The normalized spacial score (nSPS) is 26.4. The first kappa shape index (κ1) is 14.0. The van der Waals surface area contributed by atoms with Gasteiger partial charge in [-0.2, -0.15) is 5.26 Å². The molecule has 0 aromatic rings. The van der Waals surface area contributed by atoms with Crippen molar-refractivity contribution in [3.8, 4) is 6.07 Å². The van der Waals surface area contributed by atoms with Crippen molar-refractivity contribution in [2.75, 3.05) is 20.1 Å². The van der Waals surface area contributed by atoms with Crippen LogP contribution in [0.25, 0.3) is 0 Å². The van der Waals surface area contributed by atoms with Crippen molar-refractivity contribution in [3.63, 3.8) is 0 Å². The molecule has 1 aliphatic rings. The summed E-state index contributed by atoms with van der Waals surface area (Å²) in [5.41, 5.74) is 0. The van der Waals surface area contributed by atoms with Crippen LogP contribution in [0.4, 0.5) is 0 Å². The van der Waals surface area contributed by atoms with Crippen molar-refractivity contribution in [2.45, 2.75) is 45.7 Å². The Morgan fingerprint density at radius 1 is 1.53 bits per heavy atom. The molecule has 4 nitrogen and oxygen atoms in total. The summed E-state index contributed by atoms with van der Waals surface area (Å²) in [6.45, 7) is 8.03. The van der Waals surface area contributed by atoms with Gasteiger partial charge in [0.1, 0.15) is 6.04 Å². The van der Waals surface area contributed by atoms with E-state index in [4.69, 9.17) is 5.26 Å². The lowest BCUT2D eigenvalue weighted by molar-refractivity contribution is -0.143. The van der Waals surface area contributed by atoms with Crippen LogP contribution in [0, 0.1) is 17.2 Å². The van der Waals surface area contributed by atoms with Crippen LogP contribution in [-0.4, -0.2) is 47.9 Å². The Morgan fingerprint density at radius 3 is 2.71 bits per heavy atom. The van der Waals surface area contributed by atoms with E-state index in [-0.39, 0.29) is 18.4 Å². The molecule has 96 valence electrons. The van der Waals surface area contributed by atoms with Gasteiger partial charge in [-0.3, -0.25) is 9.69 Å². The monoisotopic (exact) mass is 237 g/mol. The van der Waals surface area contributed by atoms with Gasteiger partial charge < -0.3 is 4.90 Å². The lowest BCUT2D eigenvalue weighted by atomic mass is 10.0. The second-order valence-corrected chi connectivity index (χ2v) is 5.36. The summed E-state index contributed by atoms with van der Waals surface area (Å²) in [6, 6.07) is 2.19. The van der Waals surface area contributed by atoms with Gasteiger partial charge in [0, 0.05) is 19.1 Å². The summed E-state index contributed by atoms with van der Waals surface area (Å²) >= 11 is 0. The third kappa shape index (κ3) is 3.44. The van der Waals surface area contributed by atoms with Gasteiger partial charge in [-0.25, -0.2) is 0 Å². The number of likely N-dealkylation sites (N-methyl/N-ethyl adjacent to an activating group) is 1. The molecule has 17 heavy (non-hydrogen) atoms. The molecule has 1 amide bonds. The topological polar surface area (TPSA) is 47.3 Å². The van der Waals surface area contributed by atoms with E-state index in [1.54, 1.807) is 0 Å². The molecule has 2 atom stereocenters. The minimum Gasteiger partial charge on any atom is -0.340 e. The number of rotatable bonds is 4. The first-order valence-electron chi connectivity index (χ1n) is 6.35. The standard InChI is InChI=1S/C13H23N3O/c1-10(2)6-8-16-9-11(3)15(4)12(5-7-14)13(16)17/h10-12H,5-6,8-9H2,1-4H3. The van der Waals surface area contributed by atoms with Gasteiger partial charge >= 0.3 is 0 Å². The van der Waals surface area contributed by atoms with Crippen molar-refractivity contribution in [1.29, 1.82) is 5.26 Å². The third-order valence-electron chi connectivity index (χ3n) is 3.53. The number of piperazine rings is 1. The highest BCUT2D eigenvalue weighted by molar-refractivity contribution is 5.83. The van der Waals surface area contributed by atoms with Crippen molar-refractivity contribution in [2.24, 2.45) is 5.92 Å². The Morgan fingerprint density at radius 2 is 2.18 bits per heavy atom. The number of carbonyl (C=O) groups is 1. The highest BCUT2D eigenvalue weighted by Gasteiger charge is 2.36. The smallest absolute Gasteiger partial charge is 0.241 e. The predicted molar refractivity (Wildman–Crippen MR) is 67.3 cm³/mol. The van der Waals surface area contributed by atoms with Gasteiger partial charge in [0.2, 0.25) is 5.91 Å². The second-order valence-electron chi connectivity index (χ2n) is 5.36. The first-order valence-corrected chi connectivity index (χ1v) is 6.35. The van der Waals surface area contributed by atoms with E-state index in [2.05, 4.69) is 26.8 Å². The molecular weight excluding hydrogens is 214 g/mol. The largest absolute Gasteiger partial charge is 0.340 e. The Hall–Kier alpha value is -1.08. The van der Waals surface area contributed by atoms with Crippen molar-refractivity contribution in [3.05, 3.63) is 0 Å². The maximum Gasteiger partial charge on any atom is 0.241 e. The number of hydrogen-bond donors (Lipinski definition) is 0. The molecule has 1 fully saturated rings. The van der Waals surface area contributed by atoms with E-state index in [0.717, 1.165) is 19.5 Å². The third-order valence-corrected chi connectivity index (χ3v) is 3.53. The minimum atomic E-state index is -0.254. The zero-order chi connectivity index (χ0) is 13.0. The first-order chi connectivity index (χ1) is 7.97. The van der Waals surface area contributed by atoms with Gasteiger partial charge in [-0.15, -0.1) is 0 Å². The van der Waals surface area contributed by atoms with Gasteiger partial charge in [0.25, 0.3) is 0 Å². The number of amides is 1. The van der Waals surface area contributed by atoms with E-state index in [0.29, 0.717) is 12.0 Å². The summed E-state index contributed by atoms with van der Waals surface area (Å²) < 4.78 is 0. The minimum absolute atomic E-state index is 0.118. The fourth-order valence-corrected chi connectivity index (χ4v) is 2.16. The van der Waals surface area contributed by atoms with Crippen LogP contribution in [0.1, 0.15) is 33.6 Å². The molecule has 1 rings (SSSR count). The molecule has 0 aromatic carbocycles. The van der Waals surface area contributed by atoms with Crippen molar-refractivity contribution in [1.82, 2.24) is 9.80 Å². The van der Waals surface area contributed by atoms with Crippen LogP contribution in [0.15, 0.2) is 0 Å². The van der Waals surface area contributed by atoms with Crippen LogP contribution in [0.5, 0.6) is 0 Å². The van der Waals surface area contributed by atoms with E-state index >= 15 is 0 Å². The van der Waals surface area contributed by atoms with E-state index in [1.165, 1.54) is 0 Å². The molecule has 1 heterocycles. The highest BCUT2D eigenvalue weighted by Crippen LogP contribution is 2.18. The molecule has 0 aliphatic carbocycles. The van der Waals surface area contributed by atoms with Crippen LogP contribution >= 0.6 is 0 Å².